The Hall–Kier alpha value is -3.77. The third-order valence-electron chi connectivity index (χ3n) is 5.08. The fourth-order valence-electron chi connectivity index (χ4n) is 3.33. The van der Waals surface area contributed by atoms with Gasteiger partial charge < -0.3 is 14.6 Å². The molecule has 168 valence electrons. The molecule has 0 aliphatic heterocycles. The van der Waals surface area contributed by atoms with Crippen LogP contribution in [-0.4, -0.2) is 33.0 Å². The van der Waals surface area contributed by atoms with Gasteiger partial charge >= 0.3 is 0 Å². The fraction of sp³-hybridized carbons (Fsp3) is 0.222. The average Bonchev–Trinajstić information content (AvgIpc) is 2.86. The van der Waals surface area contributed by atoms with E-state index in [1.807, 2.05) is 67.6 Å². The fourth-order valence-corrected chi connectivity index (χ4v) is 3.33. The third-order valence-corrected chi connectivity index (χ3v) is 5.08. The summed E-state index contributed by atoms with van der Waals surface area (Å²) < 4.78 is 11.5. The van der Waals surface area contributed by atoms with Crippen LogP contribution in [0.15, 0.2) is 78.9 Å². The number of aromatic hydroxyl groups is 1. The zero-order chi connectivity index (χ0) is 23.0. The molecule has 0 radical (unpaired) electrons. The largest absolute Gasteiger partial charge is 0.504 e. The number of hydrogen-bond donors (Lipinski definition) is 1. The predicted octanol–water partition coefficient (Wildman–Crippen LogP) is 6.12. The summed E-state index contributed by atoms with van der Waals surface area (Å²) in [5, 5.41) is 11.0. The van der Waals surface area contributed by atoms with Crippen molar-refractivity contribution in [1.29, 1.82) is 0 Å². The van der Waals surface area contributed by atoms with Gasteiger partial charge in [-0.05, 0) is 25.5 Å². The highest BCUT2D eigenvalue weighted by molar-refractivity contribution is 5.72. The van der Waals surface area contributed by atoms with Gasteiger partial charge in [0.1, 0.15) is 0 Å². The lowest BCUT2D eigenvalue weighted by atomic mass is 10.1. The second-order valence-electron chi connectivity index (χ2n) is 7.60. The molecule has 0 saturated carbocycles. The van der Waals surface area contributed by atoms with E-state index in [-0.39, 0.29) is 5.75 Å². The molecule has 0 saturated heterocycles. The number of hydrogen-bond acceptors (Lipinski definition) is 6. The van der Waals surface area contributed by atoms with Crippen molar-refractivity contribution in [1.82, 2.24) is 15.0 Å². The van der Waals surface area contributed by atoms with E-state index in [1.54, 1.807) is 18.2 Å². The summed E-state index contributed by atoms with van der Waals surface area (Å²) in [5.74, 6) is 1.71. The lowest BCUT2D eigenvalue weighted by Crippen LogP contribution is -2.17. The monoisotopic (exact) mass is 441 g/mol. The highest BCUT2D eigenvalue weighted by Gasteiger charge is 2.18. The third kappa shape index (κ3) is 5.54. The molecule has 0 amide bonds. The molecule has 6 nitrogen and oxygen atoms in total. The van der Waals surface area contributed by atoms with Gasteiger partial charge in [-0.3, -0.25) is 0 Å². The van der Waals surface area contributed by atoms with Crippen LogP contribution in [-0.2, 0) is 4.74 Å². The number of aromatic nitrogens is 3. The zero-order valence-electron chi connectivity index (χ0n) is 18.8. The van der Waals surface area contributed by atoms with E-state index >= 15 is 0 Å². The van der Waals surface area contributed by atoms with Crippen molar-refractivity contribution in [3.05, 3.63) is 78.9 Å². The summed E-state index contributed by atoms with van der Waals surface area (Å²) in [6, 6.07) is 24.7. The van der Waals surface area contributed by atoms with Gasteiger partial charge in [-0.25, -0.2) is 15.0 Å². The van der Waals surface area contributed by atoms with Gasteiger partial charge in [-0.1, -0.05) is 80.1 Å². The van der Waals surface area contributed by atoms with Gasteiger partial charge in [-0.2, -0.15) is 0 Å². The Labute approximate surface area is 193 Å². The van der Waals surface area contributed by atoms with Gasteiger partial charge in [0.25, 0.3) is 0 Å². The van der Waals surface area contributed by atoms with Crippen LogP contribution in [0, 0.1) is 0 Å². The number of para-hydroxylation sites is 1. The number of phenolic OH excluding ortho intramolecular Hbond substituents is 1. The van der Waals surface area contributed by atoms with Crippen LogP contribution in [0.3, 0.4) is 0 Å². The first kappa shape index (κ1) is 22.4. The predicted molar refractivity (Wildman–Crippen MR) is 129 cm³/mol. The normalized spacial score (nSPS) is 11.8. The van der Waals surface area contributed by atoms with E-state index in [9.17, 15) is 5.11 Å². The Bertz CT molecular complexity index is 1130. The van der Waals surface area contributed by atoms with E-state index in [0.717, 1.165) is 24.0 Å². The molecule has 1 N–H and O–H groups in total. The molecular formula is C27H27N3O3. The van der Waals surface area contributed by atoms with Gasteiger partial charge in [0, 0.05) is 11.1 Å². The molecule has 0 fully saturated rings. The summed E-state index contributed by atoms with van der Waals surface area (Å²) in [5.41, 5.74) is 2.19. The maximum atomic E-state index is 11.0. The molecule has 0 aliphatic rings. The first-order valence-electron chi connectivity index (χ1n) is 11.1. The van der Waals surface area contributed by atoms with E-state index in [0.29, 0.717) is 35.4 Å². The summed E-state index contributed by atoms with van der Waals surface area (Å²) in [7, 11) is 0. The smallest absolute Gasteiger partial charge is 0.197 e. The first-order chi connectivity index (χ1) is 16.2. The van der Waals surface area contributed by atoms with E-state index in [2.05, 4.69) is 21.9 Å². The standard InChI is InChI=1S/C27H27N3O3/c1-3-4-18-32-19(2)33-23-17-11-16-22(24(23)31)27-29-25(20-12-7-5-8-13-20)28-26(30-27)21-14-9-6-10-15-21/h5-17,19,31H,3-4,18H2,1-2H3. The number of phenols is 1. The number of rotatable bonds is 9. The minimum absolute atomic E-state index is 0.0346. The summed E-state index contributed by atoms with van der Waals surface area (Å²) in [4.78, 5) is 14.0. The Kier molecular flexibility index (Phi) is 7.27. The molecule has 1 atom stereocenters. The topological polar surface area (TPSA) is 77.4 Å². The van der Waals surface area contributed by atoms with Crippen molar-refractivity contribution in [3.8, 4) is 45.7 Å². The van der Waals surface area contributed by atoms with Crippen LogP contribution in [0.4, 0.5) is 0 Å². The van der Waals surface area contributed by atoms with Crippen molar-refractivity contribution in [2.75, 3.05) is 6.61 Å². The van der Waals surface area contributed by atoms with Gasteiger partial charge in [-0.15, -0.1) is 0 Å². The Morgan fingerprint density at radius 2 is 1.33 bits per heavy atom. The van der Waals surface area contributed by atoms with Crippen LogP contribution in [0.1, 0.15) is 26.7 Å². The number of unbranched alkanes of at least 4 members (excludes halogenated alkanes) is 1. The van der Waals surface area contributed by atoms with E-state index < -0.39 is 6.29 Å². The van der Waals surface area contributed by atoms with Gasteiger partial charge in [0.2, 0.25) is 0 Å². The Balaban J connectivity index is 1.74. The molecule has 1 heterocycles. The van der Waals surface area contributed by atoms with Crippen molar-refractivity contribution < 1.29 is 14.6 Å². The molecule has 0 bridgehead atoms. The van der Waals surface area contributed by atoms with Crippen LogP contribution in [0.5, 0.6) is 11.5 Å². The van der Waals surface area contributed by atoms with Crippen LogP contribution < -0.4 is 4.74 Å². The maximum Gasteiger partial charge on any atom is 0.197 e. The number of benzene rings is 3. The van der Waals surface area contributed by atoms with Gasteiger partial charge in [0.05, 0.1) is 12.2 Å². The maximum absolute atomic E-state index is 11.0. The quantitative estimate of drug-likeness (QED) is 0.249. The second-order valence-corrected chi connectivity index (χ2v) is 7.60. The minimum Gasteiger partial charge on any atom is -0.504 e. The SMILES string of the molecule is CCCCOC(C)Oc1cccc(-c2nc(-c3ccccc3)nc(-c3ccccc3)n2)c1O. The summed E-state index contributed by atoms with van der Waals surface area (Å²) >= 11 is 0. The summed E-state index contributed by atoms with van der Waals surface area (Å²) in [6.07, 6.45) is 1.51. The Morgan fingerprint density at radius 3 is 1.91 bits per heavy atom. The molecule has 0 spiro atoms. The molecule has 3 aromatic carbocycles. The zero-order valence-corrected chi connectivity index (χ0v) is 18.8. The van der Waals surface area contributed by atoms with Crippen molar-refractivity contribution in [2.24, 2.45) is 0 Å². The van der Waals surface area contributed by atoms with Crippen LogP contribution in [0.2, 0.25) is 0 Å². The van der Waals surface area contributed by atoms with Crippen molar-refractivity contribution in [3.63, 3.8) is 0 Å². The molecule has 1 aromatic heterocycles. The van der Waals surface area contributed by atoms with Crippen LogP contribution >= 0.6 is 0 Å². The lowest BCUT2D eigenvalue weighted by molar-refractivity contribution is -0.0683. The van der Waals surface area contributed by atoms with Crippen LogP contribution in [0.25, 0.3) is 34.2 Å². The number of nitrogens with zero attached hydrogens (tertiary/aromatic N) is 3. The van der Waals surface area contributed by atoms with Gasteiger partial charge in [0.15, 0.2) is 35.3 Å². The number of ether oxygens (including phenoxy) is 2. The van der Waals surface area contributed by atoms with E-state index in [4.69, 9.17) is 9.47 Å². The Morgan fingerprint density at radius 1 is 0.758 bits per heavy atom. The van der Waals surface area contributed by atoms with E-state index in [1.165, 1.54) is 0 Å². The summed E-state index contributed by atoms with van der Waals surface area (Å²) in [6.45, 7) is 4.52. The molecule has 1 unspecified atom stereocenters. The van der Waals surface area contributed by atoms with Crippen molar-refractivity contribution >= 4 is 0 Å². The molecular weight excluding hydrogens is 414 g/mol. The molecule has 6 heteroatoms. The lowest BCUT2D eigenvalue weighted by Gasteiger charge is -2.17. The molecule has 4 aromatic rings. The molecule has 4 rings (SSSR count). The first-order valence-corrected chi connectivity index (χ1v) is 11.1. The minimum atomic E-state index is -0.490. The second kappa shape index (κ2) is 10.7. The highest BCUT2D eigenvalue weighted by atomic mass is 16.7. The molecule has 33 heavy (non-hydrogen) atoms. The average molecular weight is 442 g/mol. The highest BCUT2D eigenvalue weighted by Crippen LogP contribution is 2.37. The van der Waals surface area contributed by atoms with Crippen molar-refractivity contribution in [2.45, 2.75) is 33.0 Å². The molecule has 0 aliphatic carbocycles.